The van der Waals surface area contributed by atoms with Crippen molar-refractivity contribution in [2.24, 2.45) is 0 Å². The zero-order chi connectivity index (χ0) is 20.7. The first-order valence-electron chi connectivity index (χ1n) is 8.82. The van der Waals surface area contributed by atoms with E-state index in [0.29, 0.717) is 11.3 Å². The van der Waals surface area contributed by atoms with Gasteiger partial charge in [0.05, 0.1) is 12.7 Å². The molecule has 0 aliphatic carbocycles. The van der Waals surface area contributed by atoms with Crippen molar-refractivity contribution in [3.63, 3.8) is 0 Å². The van der Waals surface area contributed by atoms with Crippen LogP contribution in [0.2, 0.25) is 0 Å². The molecule has 0 saturated heterocycles. The molecule has 7 nitrogen and oxygen atoms in total. The van der Waals surface area contributed by atoms with Gasteiger partial charge >= 0.3 is 5.97 Å². The molecular formula is C21H24N2O5. The zero-order valence-corrected chi connectivity index (χ0v) is 16.4. The van der Waals surface area contributed by atoms with E-state index in [-0.39, 0.29) is 18.1 Å². The third kappa shape index (κ3) is 5.57. The van der Waals surface area contributed by atoms with Crippen LogP contribution in [-0.2, 0) is 9.53 Å². The Kier molecular flexibility index (Phi) is 7.14. The van der Waals surface area contributed by atoms with Crippen LogP contribution in [0.5, 0.6) is 5.75 Å². The van der Waals surface area contributed by atoms with Crippen molar-refractivity contribution in [3.05, 3.63) is 64.7 Å². The Balaban J connectivity index is 1.88. The topological polar surface area (TPSA) is 93.7 Å². The summed E-state index contributed by atoms with van der Waals surface area (Å²) in [5.74, 6) is -0.588. The van der Waals surface area contributed by atoms with E-state index in [1.807, 2.05) is 39.0 Å². The number of benzene rings is 2. The predicted octanol–water partition coefficient (Wildman–Crippen LogP) is 2.75. The number of hydrazine groups is 1. The van der Waals surface area contributed by atoms with E-state index >= 15 is 0 Å². The first kappa shape index (κ1) is 21.0. The fourth-order valence-corrected chi connectivity index (χ4v) is 2.50. The fourth-order valence-electron chi connectivity index (χ4n) is 2.50. The molecule has 0 saturated carbocycles. The van der Waals surface area contributed by atoms with Gasteiger partial charge in [0.15, 0.2) is 6.61 Å². The van der Waals surface area contributed by atoms with Crippen LogP contribution < -0.4 is 15.6 Å². The largest absolute Gasteiger partial charge is 0.483 e. The Labute approximate surface area is 164 Å². The summed E-state index contributed by atoms with van der Waals surface area (Å²) in [5.41, 5.74) is 7.27. The minimum absolute atomic E-state index is 0.231. The molecule has 2 N–H and O–H groups in total. The first-order chi connectivity index (χ1) is 13.3. The summed E-state index contributed by atoms with van der Waals surface area (Å²) < 4.78 is 10.2. The SMILES string of the molecule is COC(=O)c1ccc(C(=O)NNC(=O)COc2cc(C)ccc2C(C)C)cc1. The lowest BCUT2D eigenvalue weighted by Gasteiger charge is -2.15. The third-order valence-corrected chi connectivity index (χ3v) is 4.03. The molecule has 0 aliphatic rings. The number of ether oxygens (including phenoxy) is 2. The monoisotopic (exact) mass is 384 g/mol. The number of aryl methyl sites for hydroxylation is 1. The molecule has 0 aliphatic heterocycles. The molecule has 148 valence electrons. The maximum atomic E-state index is 12.1. The molecule has 0 fully saturated rings. The molecular weight excluding hydrogens is 360 g/mol. The maximum absolute atomic E-state index is 12.1. The van der Waals surface area contributed by atoms with Crippen molar-refractivity contribution in [1.29, 1.82) is 0 Å². The highest BCUT2D eigenvalue weighted by Crippen LogP contribution is 2.27. The van der Waals surface area contributed by atoms with Gasteiger partial charge in [-0.1, -0.05) is 26.0 Å². The molecule has 28 heavy (non-hydrogen) atoms. The molecule has 2 aromatic carbocycles. The molecule has 2 amide bonds. The van der Waals surface area contributed by atoms with Crippen LogP contribution >= 0.6 is 0 Å². The average Bonchev–Trinajstić information content (AvgIpc) is 2.69. The molecule has 0 spiro atoms. The number of rotatable bonds is 6. The second-order valence-electron chi connectivity index (χ2n) is 6.56. The van der Waals surface area contributed by atoms with Gasteiger partial charge in [0, 0.05) is 5.56 Å². The Morgan fingerprint density at radius 1 is 0.964 bits per heavy atom. The molecule has 0 aromatic heterocycles. The van der Waals surface area contributed by atoms with Gasteiger partial charge in [0.1, 0.15) is 5.75 Å². The molecule has 0 bridgehead atoms. The Morgan fingerprint density at radius 3 is 2.21 bits per heavy atom. The summed E-state index contributed by atoms with van der Waals surface area (Å²) in [4.78, 5) is 35.5. The first-order valence-corrected chi connectivity index (χ1v) is 8.82. The number of carbonyl (C=O) groups excluding carboxylic acids is 3. The van der Waals surface area contributed by atoms with Crippen LogP contribution in [0.3, 0.4) is 0 Å². The number of carbonyl (C=O) groups is 3. The normalized spacial score (nSPS) is 10.3. The van der Waals surface area contributed by atoms with Crippen LogP contribution in [0.1, 0.15) is 51.6 Å². The van der Waals surface area contributed by atoms with Gasteiger partial charge < -0.3 is 9.47 Å². The fraction of sp³-hybridized carbons (Fsp3) is 0.286. The van der Waals surface area contributed by atoms with E-state index in [2.05, 4.69) is 15.6 Å². The molecule has 2 rings (SSSR count). The number of amides is 2. The molecule has 0 unspecified atom stereocenters. The lowest BCUT2D eigenvalue weighted by Crippen LogP contribution is -2.43. The van der Waals surface area contributed by atoms with Gasteiger partial charge in [-0.15, -0.1) is 0 Å². The summed E-state index contributed by atoms with van der Waals surface area (Å²) in [6.45, 7) is 5.81. The van der Waals surface area contributed by atoms with E-state index in [0.717, 1.165) is 11.1 Å². The van der Waals surface area contributed by atoms with Crippen molar-refractivity contribution < 1.29 is 23.9 Å². The minimum atomic E-state index is -0.511. The number of nitrogens with one attached hydrogen (secondary N) is 2. The summed E-state index contributed by atoms with van der Waals surface area (Å²) in [5, 5.41) is 0. The van der Waals surface area contributed by atoms with Crippen LogP contribution in [0, 0.1) is 6.92 Å². The van der Waals surface area contributed by atoms with Crippen molar-refractivity contribution in [3.8, 4) is 5.75 Å². The van der Waals surface area contributed by atoms with Crippen molar-refractivity contribution >= 4 is 17.8 Å². The Morgan fingerprint density at radius 2 is 1.61 bits per heavy atom. The number of hydrogen-bond donors (Lipinski definition) is 2. The summed E-state index contributed by atoms with van der Waals surface area (Å²) in [6.07, 6.45) is 0. The number of esters is 1. The molecule has 0 atom stereocenters. The van der Waals surface area contributed by atoms with Gasteiger partial charge in [-0.25, -0.2) is 4.79 Å². The summed E-state index contributed by atoms with van der Waals surface area (Å²) in [7, 11) is 1.28. The second kappa shape index (κ2) is 9.55. The number of methoxy groups -OCH3 is 1. The Bertz CT molecular complexity index is 860. The standard InChI is InChI=1S/C21H24N2O5/c1-13(2)17-10-5-14(3)11-18(17)28-12-19(24)22-23-20(25)15-6-8-16(9-7-15)21(26)27-4/h5-11,13H,12H2,1-4H3,(H,22,24)(H,23,25). The molecule has 0 radical (unpaired) electrons. The van der Waals surface area contributed by atoms with Crippen LogP contribution in [0.15, 0.2) is 42.5 Å². The van der Waals surface area contributed by atoms with Gasteiger partial charge in [0.2, 0.25) is 0 Å². The van der Waals surface area contributed by atoms with Gasteiger partial charge in [-0.05, 0) is 54.3 Å². The van der Waals surface area contributed by atoms with Crippen LogP contribution in [0.25, 0.3) is 0 Å². The molecule has 7 heteroatoms. The molecule has 0 heterocycles. The van der Waals surface area contributed by atoms with Crippen LogP contribution in [-0.4, -0.2) is 31.5 Å². The van der Waals surface area contributed by atoms with Crippen LogP contribution in [0.4, 0.5) is 0 Å². The minimum Gasteiger partial charge on any atom is -0.483 e. The maximum Gasteiger partial charge on any atom is 0.337 e. The average molecular weight is 384 g/mol. The van der Waals surface area contributed by atoms with Gasteiger partial charge in [-0.2, -0.15) is 0 Å². The van der Waals surface area contributed by atoms with E-state index in [1.165, 1.54) is 31.4 Å². The Hall–Kier alpha value is -3.35. The summed E-state index contributed by atoms with van der Waals surface area (Å²) in [6, 6.07) is 11.7. The lowest BCUT2D eigenvalue weighted by atomic mass is 10.0. The van der Waals surface area contributed by atoms with Crippen molar-refractivity contribution in [1.82, 2.24) is 10.9 Å². The van der Waals surface area contributed by atoms with E-state index in [9.17, 15) is 14.4 Å². The van der Waals surface area contributed by atoms with E-state index in [1.54, 1.807) is 0 Å². The highest BCUT2D eigenvalue weighted by atomic mass is 16.5. The highest BCUT2D eigenvalue weighted by Gasteiger charge is 2.12. The lowest BCUT2D eigenvalue weighted by molar-refractivity contribution is -0.123. The highest BCUT2D eigenvalue weighted by molar-refractivity contribution is 5.97. The predicted molar refractivity (Wildman–Crippen MR) is 104 cm³/mol. The number of hydrogen-bond acceptors (Lipinski definition) is 5. The zero-order valence-electron chi connectivity index (χ0n) is 16.4. The van der Waals surface area contributed by atoms with E-state index < -0.39 is 17.8 Å². The van der Waals surface area contributed by atoms with Crippen molar-refractivity contribution in [2.45, 2.75) is 26.7 Å². The van der Waals surface area contributed by atoms with Gasteiger partial charge in [0.25, 0.3) is 11.8 Å². The quantitative estimate of drug-likeness (QED) is 0.590. The van der Waals surface area contributed by atoms with Gasteiger partial charge in [-0.3, -0.25) is 20.4 Å². The van der Waals surface area contributed by atoms with Crippen molar-refractivity contribution in [2.75, 3.05) is 13.7 Å². The third-order valence-electron chi connectivity index (χ3n) is 4.03. The summed E-state index contributed by atoms with van der Waals surface area (Å²) >= 11 is 0. The smallest absolute Gasteiger partial charge is 0.337 e. The second-order valence-corrected chi connectivity index (χ2v) is 6.56. The van der Waals surface area contributed by atoms with E-state index in [4.69, 9.17) is 4.74 Å². The molecule has 2 aromatic rings.